The summed E-state index contributed by atoms with van der Waals surface area (Å²) in [6.07, 6.45) is 56.9. The summed E-state index contributed by atoms with van der Waals surface area (Å²) in [5.41, 5.74) is 0. The minimum absolute atomic E-state index is 0.106. The van der Waals surface area contributed by atoms with Gasteiger partial charge in [0.25, 0.3) is 0 Å². The van der Waals surface area contributed by atoms with Crippen molar-refractivity contribution < 1.29 is 80.2 Å². The molecule has 0 aliphatic heterocycles. The molecule has 3 N–H and O–H groups in total. The highest BCUT2D eigenvalue weighted by Crippen LogP contribution is 2.45. The Balaban J connectivity index is 5.21. The van der Waals surface area contributed by atoms with Gasteiger partial charge in [-0.25, -0.2) is 9.13 Å². The smallest absolute Gasteiger partial charge is 0.462 e. The van der Waals surface area contributed by atoms with Gasteiger partial charge in [0.2, 0.25) is 0 Å². The zero-order valence-corrected chi connectivity index (χ0v) is 67.6. The number of aliphatic hydroxyl groups is 1. The van der Waals surface area contributed by atoms with Gasteiger partial charge in [-0.3, -0.25) is 37.3 Å². The van der Waals surface area contributed by atoms with Crippen LogP contribution in [0.1, 0.15) is 415 Å². The predicted octanol–water partition coefficient (Wildman–Crippen LogP) is 24.0. The second kappa shape index (κ2) is 70.1. The molecule has 17 nitrogen and oxygen atoms in total. The number of esters is 4. The van der Waals surface area contributed by atoms with Crippen LogP contribution in [0.15, 0.2) is 0 Å². The summed E-state index contributed by atoms with van der Waals surface area (Å²) >= 11 is 0. The quantitative estimate of drug-likeness (QED) is 0.0222. The number of unbranched alkanes of at least 4 members (excludes halogenated alkanes) is 42. The second-order valence-electron chi connectivity index (χ2n) is 30.6. The van der Waals surface area contributed by atoms with Gasteiger partial charge in [0.15, 0.2) is 12.2 Å². The molecule has 0 rings (SSSR count). The van der Waals surface area contributed by atoms with Crippen LogP contribution in [-0.2, 0) is 65.4 Å². The normalized spacial score (nSPS) is 14.6. The van der Waals surface area contributed by atoms with Crippen molar-refractivity contribution in [1.29, 1.82) is 0 Å². The van der Waals surface area contributed by atoms with E-state index >= 15 is 0 Å². The van der Waals surface area contributed by atoms with Gasteiger partial charge in [-0.1, -0.05) is 364 Å². The standard InChI is InChI=1S/C81H158O17P2/c1-9-73(7)59-51-43-35-29-22-17-15-13-11-12-14-16-18-23-31-37-47-55-63-80(85)97-76(67-91-78(83)61-53-45-36-30-26-25-28-34-42-50-58-72(5)6)69-95-99(87,88)93-65-75(82)66-94-100(89,90)96-70-77(68-92-79(84)62-54-46-40-39-44-52-60-74(8)10-2)98-81(86)64-56-48-38-32-24-20-19-21-27-33-41-49-57-71(3)4/h71-77,82H,9-70H2,1-8H3,(H,87,88)(H,89,90)/t73?,74?,75-,76-,77-/m1/s1. The van der Waals surface area contributed by atoms with Crippen LogP contribution < -0.4 is 0 Å². The average molecular weight is 1470 g/mol. The maximum atomic E-state index is 13.1. The third-order valence-electron chi connectivity index (χ3n) is 19.5. The molecular formula is C81H158O17P2. The molecule has 0 aromatic carbocycles. The SMILES string of the molecule is CCC(C)CCCCCCCCCCCCCCCCCCCCC(=O)O[C@H](COC(=O)CCCCCCCCCCCCC(C)C)COP(=O)(O)OC[C@@H](O)COP(=O)(O)OC[C@@H](COC(=O)CCCCCCCCC(C)CC)OC(=O)CCCCCCCCCCCCCCC(C)C. The topological polar surface area (TPSA) is 237 Å². The number of carbonyl (C=O) groups is 4. The Kier molecular flexibility index (Phi) is 68.7. The van der Waals surface area contributed by atoms with Gasteiger partial charge < -0.3 is 33.8 Å². The maximum absolute atomic E-state index is 13.1. The fourth-order valence-electron chi connectivity index (χ4n) is 12.4. The van der Waals surface area contributed by atoms with E-state index < -0.39 is 97.5 Å². The molecular weight excluding hydrogens is 1310 g/mol. The first kappa shape index (κ1) is 98.1. The Morgan fingerprint density at radius 2 is 0.480 bits per heavy atom. The number of carbonyl (C=O) groups excluding carboxylic acids is 4. The molecule has 7 atom stereocenters. The number of aliphatic hydroxyl groups excluding tert-OH is 1. The van der Waals surface area contributed by atoms with E-state index in [0.29, 0.717) is 25.7 Å². The number of hydrogen-bond acceptors (Lipinski definition) is 15. The number of hydrogen-bond donors (Lipinski definition) is 3. The molecule has 594 valence electrons. The molecule has 0 saturated heterocycles. The Labute approximate surface area is 613 Å². The van der Waals surface area contributed by atoms with Crippen molar-refractivity contribution in [3.05, 3.63) is 0 Å². The zero-order valence-electron chi connectivity index (χ0n) is 65.8. The first-order valence-electron chi connectivity index (χ1n) is 41.8. The Morgan fingerprint density at radius 3 is 0.710 bits per heavy atom. The Hall–Kier alpha value is -1.94. The van der Waals surface area contributed by atoms with E-state index in [1.807, 2.05) is 0 Å². The molecule has 0 heterocycles. The molecule has 0 aliphatic rings. The van der Waals surface area contributed by atoms with E-state index in [9.17, 15) is 43.2 Å². The van der Waals surface area contributed by atoms with Gasteiger partial charge in [-0.15, -0.1) is 0 Å². The molecule has 0 amide bonds. The van der Waals surface area contributed by atoms with Gasteiger partial charge in [0.1, 0.15) is 19.3 Å². The monoisotopic (exact) mass is 1470 g/mol. The van der Waals surface area contributed by atoms with E-state index in [1.54, 1.807) is 0 Å². The summed E-state index contributed by atoms with van der Waals surface area (Å²) in [6.45, 7) is 14.3. The van der Waals surface area contributed by atoms with E-state index in [4.69, 9.17) is 37.0 Å². The molecule has 19 heteroatoms. The van der Waals surface area contributed by atoms with Crippen LogP contribution in [0.3, 0.4) is 0 Å². The van der Waals surface area contributed by atoms with Crippen LogP contribution >= 0.6 is 15.6 Å². The van der Waals surface area contributed by atoms with Crippen LogP contribution in [0.4, 0.5) is 0 Å². The Bertz CT molecular complexity index is 1960. The average Bonchev–Trinajstić information content (AvgIpc) is 1.05. The number of ether oxygens (including phenoxy) is 4. The van der Waals surface area contributed by atoms with Crippen molar-refractivity contribution in [2.75, 3.05) is 39.6 Å². The van der Waals surface area contributed by atoms with Crippen molar-refractivity contribution in [1.82, 2.24) is 0 Å². The summed E-state index contributed by atoms with van der Waals surface area (Å²) in [6, 6.07) is 0. The lowest BCUT2D eigenvalue weighted by atomic mass is 9.99. The van der Waals surface area contributed by atoms with Crippen molar-refractivity contribution >= 4 is 39.5 Å². The third kappa shape index (κ3) is 71.7. The van der Waals surface area contributed by atoms with Crippen LogP contribution in [0.2, 0.25) is 0 Å². The molecule has 0 radical (unpaired) electrons. The molecule has 0 bridgehead atoms. The number of phosphoric ester groups is 2. The minimum atomic E-state index is -4.96. The molecule has 0 aromatic rings. The van der Waals surface area contributed by atoms with Crippen LogP contribution in [0, 0.1) is 23.7 Å². The van der Waals surface area contributed by atoms with Crippen LogP contribution in [-0.4, -0.2) is 96.7 Å². The number of phosphoric acid groups is 2. The van der Waals surface area contributed by atoms with Gasteiger partial charge in [0.05, 0.1) is 26.4 Å². The second-order valence-corrected chi connectivity index (χ2v) is 33.5. The van der Waals surface area contributed by atoms with Gasteiger partial charge >= 0.3 is 39.5 Å². The van der Waals surface area contributed by atoms with Crippen molar-refractivity contribution in [2.45, 2.75) is 433 Å². The maximum Gasteiger partial charge on any atom is 0.472 e. The summed E-state index contributed by atoms with van der Waals surface area (Å²) in [5.74, 6) is 1.02. The molecule has 100 heavy (non-hydrogen) atoms. The van der Waals surface area contributed by atoms with Crippen molar-refractivity contribution in [2.24, 2.45) is 23.7 Å². The van der Waals surface area contributed by atoms with Crippen molar-refractivity contribution in [3.8, 4) is 0 Å². The van der Waals surface area contributed by atoms with E-state index in [1.165, 1.54) is 212 Å². The third-order valence-corrected chi connectivity index (χ3v) is 21.4. The first-order chi connectivity index (χ1) is 48.2. The van der Waals surface area contributed by atoms with Gasteiger partial charge in [0, 0.05) is 25.7 Å². The zero-order chi connectivity index (χ0) is 73.8. The first-order valence-corrected chi connectivity index (χ1v) is 44.8. The number of rotatable bonds is 78. The Morgan fingerprint density at radius 1 is 0.280 bits per heavy atom. The highest BCUT2D eigenvalue weighted by molar-refractivity contribution is 7.47. The van der Waals surface area contributed by atoms with Crippen LogP contribution in [0.5, 0.6) is 0 Å². The molecule has 0 aromatic heterocycles. The fourth-order valence-corrected chi connectivity index (χ4v) is 13.9. The van der Waals surface area contributed by atoms with E-state index in [2.05, 4.69) is 55.4 Å². The van der Waals surface area contributed by atoms with E-state index in [0.717, 1.165) is 120 Å². The predicted molar refractivity (Wildman–Crippen MR) is 409 cm³/mol. The highest BCUT2D eigenvalue weighted by atomic mass is 31.2. The summed E-state index contributed by atoms with van der Waals surface area (Å²) in [4.78, 5) is 73.0. The van der Waals surface area contributed by atoms with E-state index in [-0.39, 0.29) is 25.7 Å². The lowest BCUT2D eigenvalue weighted by Crippen LogP contribution is -2.30. The molecule has 0 fully saturated rings. The summed E-state index contributed by atoms with van der Waals surface area (Å²) in [5, 5.41) is 10.6. The largest absolute Gasteiger partial charge is 0.472 e. The molecule has 0 aliphatic carbocycles. The molecule has 0 saturated carbocycles. The fraction of sp³-hybridized carbons (Fsp3) is 0.951. The van der Waals surface area contributed by atoms with Crippen molar-refractivity contribution in [3.63, 3.8) is 0 Å². The molecule has 0 spiro atoms. The minimum Gasteiger partial charge on any atom is -0.462 e. The summed E-state index contributed by atoms with van der Waals surface area (Å²) in [7, 11) is -9.92. The highest BCUT2D eigenvalue weighted by Gasteiger charge is 2.30. The van der Waals surface area contributed by atoms with Gasteiger partial charge in [-0.05, 0) is 49.4 Å². The molecule has 4 unspecified atom stereocenters. The van der Waals surface area contributed by atoms with Gasteiger partial charge in [-0.2, -0.15) is 0 Å². The van der Waals surface area contributed by atoms with Crippen LogP contribution in [0.25, 0.3) is 0 Å². The lowest BCUT2D eigenvalue weighted by molar-refractivity contribution is -0.161. The lowest BCUT2D eigenvalue weighted by Gasteiger charge is -2.21. The summed E-state index contributed by atoms with van der Waals surface area (Å²) < 4.78 is 68.7.